The second kappa shape index (κ2) is 5.65. The van der Waals surface area contributed by atoms with Gasteiger partial charge in [0.15, 0.2) is 0 Å². The summed E-state index contributed by atoms with van der Waals surface area (Å²) in [6, 6.07) is 5.51. The zero-order chi connectivity index (χ0) is 9.52. The van der Waals surface area contributed by atoms with E-state index >= 15 is 0 Å². The maximum atomic E-state index is 12.2. The van der Waals surface area contributed by atoms with Crippen LogP contribution in [0, 0.1) is 0 Å². The number of alkyl halides is 1. The van der Waals surface area contributed by atoms with Crippen LogP contribution < -0.4 is 5.32 Å². The molecule has 1 N–H and O–H groups in total. The van der Waals surface area contributed by atoms with E-state index in [9.17, 15) is 4.39 Å². The molecule has 0 aliphatic rings. The molecule has 0 radical (unpaired) electrons. The maximum absolute atomic E-state index is 12.2. The first-order valence-electron chi connectivity index (χ1n) is 4.52. The van der Waals surface area contributed by atoms with Gasteiger partial charge in [0.1, 0.15) is 6.67 Å². The molecule has 1 aromatic rings. The van der Waals surface area contributed by atoms with Crippen molar-refractivity contribution in [2.75, 3.05) is 13.6 Å². The van der Waals surface area contributed by atoms with Crippen LogP contribution in [0.3, 0.4) is 0 Å². The number of nitrogens with zero attached hydrogens (tertiary/aromatic N) is 1. The normalized spacial score (nSPS) is 10.3. The third-order valence-electron chi connectivity index (χ3n) is 1.86. The van der Waals surface area contributed by atoms with Crippen LogP contribution >= 0.6 is 0 Å². The molecule has 13 heavy (non-hydrogen) atoms. The van der Waals surface area contributed by atoms with Crippen molar-refractivity contribution < 1.29 is 4.39 Å². The lowest BCUT2D eigenvalue weighted by atomic mass is 10.2. The second-order valence-corrected chi connectivity index (χ2v) is 2.96. The van der Waals surface area contributed by atoms with E-state index < -0.39 is 6.67 Å². The largest absolute Gasteiger partial charge is 0.320 e. The van der Waals surface area contributed by atoms with Crippen molar-refractivity contribution in [2.24, 2.45) is 0 Å². The first-order chi connectivity index (χ1) is 6.36. The maximum Gasteiger partial charge on any atom is 0.131 e. The lowest BCUT2D eigenvalue weighted by Gasteiger charge is -2.01. The lowest BCUT2D eigenvalue weighted by molar-refractivity contribution is 0.474. The van der Waals surface area contributed by atoms with Gasteiger partial charge in [0.25, 0.3) is 0 Å². The molecule has 1 aromatic heterocycles. The Morgan fingerprint density at radius 2 is 2.15 bits per heavy atom. The predicted molar refractivity (Wildman–Crippen MR) is 51.3 cm³/mol. The Labute approximate surface area is 78.2 Å². The van der Waals surface area contributed by atoms with Crippen LogP contribution in [0.15, 0.2) is 18.2 Å². The van der Waals surface area contributed by atoms with Crippen molar-refractivity contribution in [1.29, 1.82) is 0 Å². The molecule has 2 nitrogen and oxygen atoms in total. The molecule has 72 valence electrons. The average Bonchev–Trinajstić information content (AvgIpc) is 2.19. The Morgan fingerprint density at radius 3 is 2.85 bits per heavy atom. The van der Waals surface area contributed by atoms with Crippen molar-refractivity contribution in [2.45, 2.75) is 19.5 Å². The van der Waals surface area contributed by atoms with E-state index in [4.69, 9.17) is 0 Å². The van der Waals surface area contributed by atoms with Crippen LogP contribution in [0.1, 0.15) is 17.8 Å². The van der Waals surface area contributed by atoms with Gasteiger partial charge in [-0.2, -0.15) is 0 Å². The fourth-order valence-electron chi connectivity index (χ4n) is 1.19. The van der Waals surface area contributed by atoms with Crippen molar-refractivity contribution in [3.8, 4) is 0 Å². The van der Waals surface area contributed by atoms with E-state index in [1.807, 2.05) is 19.2 Å². The topological polar surface area (TPSA) is 24.9 Å². The zero-order valence-electron chi connectivity index (χ0n) is 7.89. The van der Waals surface area contributed by atoms with E-state index in [0.717, 1.165) is 25.1 Å². The number of hydrogen-bond donors (Lipinski definition) is 1. The van der Waals surface area contributed by atoms with E-state index in [1.165, 1.54) is 0 Å². The summed E-state index contributed by atoms with van der Waals surface area (Å²) in [6.07, 6.45) is 1.95. The molecular weight excluding hydrogens is 167 g/mol. The van der Waals surface area contributed by atoms with Gasteiger partial charge >= 0.3 is 0 Å². The van der Waals surface area contributed by atoms with E-state index in [1.54, 1.807) is 6.07 Å². The van der Waals surface area contributed by atoms with Crippen molar-refractivity contribution >= 4 is 0 Å². The molecule has 0 bridgehead atoms. The standard InChI is InChI=1S/C10H15FN2/c1-12-7-3-6-9-4-2-5-10(8-11)13-9/h2,4-5,12H,3,6-8H2,1H3. The highest BCUT2D eigenvalue weighted by Crippen LogP contribution is 2.03. The smallest absolute Gasteiger partial charge is 0.131 e. The molecule has 3 heteroatoms. The Bertz CT molecular complexity index is 250. The summed E-state index contributed by atoms with van der Waals surface area (Å²) in [5, 5.41) is 3.06. The van der Waals surface area contributed by atoms with E-state index in [-0.39, 0.29) is 0 Å². The highest BCUT2D eigenvalue weighted by molar-refractivity contribution is 5.10. The molecule has 0 saturated carbocycles. The highest BCUT2D eigenvalue weighted by Gasteiger charge is 1.96. The first kappa shape index (κ1) is 10.1. The minimum absolute atomic E-state index is 0.472. The molecule has 0 aliphatic carbocycles. The van der Waals surface area contributed by atoms with Crippen LogP contribution in [0.2, 0.25) is 0 Å². The lowest BCUT2D eigenvalue weighted by Crippen LogP contribution is -2.08. The van der Waals surface area contributed by atoms with E-state index in [2.05, 4.69) is 10.3 Å². The summed E-state index contributed by atoms with van der Waals surface area (Å²) in [4.78, 5) is 4.16. The Morgan fingerprint density at radius 1 is 1.38 bits per heavy atom. The minimum Gasteiger partial charge on any atom is -0.320 e. The average molecular weight is 182 g/mol. The van der Waals surface area contributed by atoms with Gasteiger partial charge in [-0.15, -0.1) is 0 Å². The Balaban J connectivity index is 2.46. The summed E-state index contributed by atoms with van der Waals surface area (Å²) < 4.78 is 12.2. The third-order valence-corrected chi connectivity index (χ3v) is 1.86. The number of pyridine rings is 1. The molecule has 1 rings (SSSR count). The van der Waals surface area contributed by atoms with E-state index in [0.29, 0.717) is 5.69 Å². The van der Waals surface area contributed by atoms with Gasteiger partial charge in [-0.3, -0.25) is 4.98 Å². The SMILES string of the molecule is CNCCCc1cccc(CF)n1. The van der Waals surface area contributed by atoms with Gasteiger partial charge in [-0.25, -0.2) is 4.39 Å². The van der Waals surface area contributed by atoms with Crippen LogP contribution in [0.25, 0.3) is 0 Å². The molecule has 0 aliphatic heterocycles. The van der Waals surface area contributed by atoms with Gasteiger partial charge in [0, 0.05) is 5.69 Å². The summed E-state index contributed by atoms with van der Waals surface area (Å²) in [7, 11) is 1.92. The summed E-state index contributed by atoms with van der Waals surface area (Å²) in [5.41, 5.74) is 1.51. The molecule has 0 atom stereocenters. The van der Waals surface area contributed by atoms with Gasteiger partial charge in [0.2, 0.25) is 0 Å². The summed E-state index contributed by atoms with van der Waals surface area (Å²) >= 11 is 0. The summed E-state index contributed by atoms with van der Waals surface area (Å²) in [5.74, 6) is 0. The van der Waals surface area contributed by atoms with Crippen molar-refractivity contribution in [3.05, 3.63) is 29.6 Å². The molecule has 0 spiro atoms. The van der Waals surface area contributed by atoms with Gasteiger partial charge < -0.3 is 5.32 Å². The molecule has 0 fully saturated rings. The number of rotatable bonds is 5. The second-order valence-electron chi connectivity index (χ2n) is 2.96. The number of nitrogens with one attached hydrogen (secondary N) is 1. The van der Waals surface area contributed by atoms with Gasteiger partial charge in [0.05, 0.1) is 5.69 Å². The molecule has 0 unspecified atom stereocenters. The first-order valence-corrected chi connectivity index (χ1v) is 4.52. The number of hydrogen-bond acceptors (Lipinski definition) is 2. The molecule has 1 heterocycles. The van der Waals surface area contributed by atoms with Crippen LogP contribution in [0.4, 0.5) is 4.39 Å². The Kier molecular flexibility index (Phi) is 4.40. The fraction of sp³-hybridized carbons (Fsp3) is 0.500. The van der Waals surface area contributed by atoms with Crippen molar-refractivity contribution in [3.63, 3.8) is 0 Å². The number of aryl methyl sites for hydroxylation is 1. The Hall–Kier alpha value is -0.960. The van der Waals surface area contributed by atoms with Crippen molar-refractivity contribution in [1.82, 2.24) is 10.3 Å². The molecule has 0 aromatic carbocycles. The van der Waals surface area contributed by atoms with Gasteiger partial charge in [-0.05, 0) is 38.6 Å². The van der Waals surface area contributed by atoms with Gasteiger partial charge in [-0.1, -0.05) is 6.07 Å². The third kappa shape index (κ3) is 3.51. The molecule has 0 amide bonds. The highest BCUT2D eigenvalue weighted by atomic mass is 19.1. The van der Waals surface area contributed by atoms with Crippen LogP contribution in [-0.4, -0.2) is 18.6 Å². The number of halogens is 1. The summed E-state index contributed by atoms with van der Waals surface area (Å²) in [6.45, 7) is 0.501. The minimum atomic E-state index is -0.472. The fourth-order valence-corrected chi connectivity index (χ4v) is 1.19. The zero-order valence-corrected chi connectivity index (χ0v) is 7.89. The molecule has 0 saturated heterocycles. The number of aromatic nitrogens is 1. The monoisotopic (exact) mass is 182 g/mol. The predicted octanol–water partition coefficient (Wildman–Crippen LogP) is 1.70. The quantitative estimate of drug-likeness (QED) is 0.701. The molecular formula is C10H15FN2. The van der Waals surface area contributed by atoms with Crippen LogP contribution in [0.5, 0.6) is 0 Å². The van der Waals surface area contributed by atoms with Crippen LogP contribution in [-0.2, 0) is 13.1 Å².